The number of para-hydroxylation sites is 1. The van der Waals surface area contributed by atoms with Gasteiger partial charge in [0.25, 0.3) is 0 Å². The minimum Gasteiger partial charge on any atom is -0.465 e. The molecule has 2 rings (SSSR count). The molecule has 0 saturated carbocycles. The Balaban J connectivity index is 1.89. The first-order valence-electron chi connectivity index (χ1n) is 8.42. The molecule has 2 aromatic carbocycles. The first-order valence-corrected chi connectivity index (χ1v) is 8.80. The van der Waals surface area contributed by atoms with Crippen LogP contribution in [0.2, 0.25) is 5.02 Å². The number of amides is 2. The van der Waals surface area contributed by atoms with E-state index in [0.29, 0.717) is 16.4 Å². The number of rotatable bonds is 7. The largest absolute Gasteiger partial charge is 0.465 e. The normalized spacial score (nSPS) is 10.9. The third-order valence-corrected chi connectivity index (χ3v) is 3.92. The zero-order chi connectivity index (χ0) is 20.5. The lowest BCUT2D eigenvalue weighted by atomic mass is 10.1. The Labute approximate surface area is 167 Å². The highest BCUT2D eigenvalue weighted by Crippen LogP contribution is 2.16. The van der Waals surface area contributed by atoms with E-state index in [0.717, 1.165) is 5.56 Å². The van der Waals surface area contributed by atoms with Gasteiger partial charge in [0.15, 0.2) is 0 Å². The molecule has 0 bridgehead atoms. The summed E-state index contributed by atoms with van der Waals surface area (Å²) in [5.41, 5.74) is 4.23. The van der Waals surface area contributed by atoms with Crippen LogP contribution < -0.4 is 10.7 Å². The van der Waals surface area contributed by atoms with Crippen LogP contribution in [0, 0.1) is 0 Å². The van der Waals surface area contributed by atoms with Crippen LogP contribution in [-0.2, 0) is 20.7 Å². The molecule has 8 heteroatoms. The molecule has 7 nitrogen and oxygen atoms in total. The Morgan fingerprint density at radius 2 is 1.71 bits per heavy atom. The minimum absolute atomic E-state index is 0.0449. The molecular formula is C20H20ClN3O4. The lowest BCUT2D eigenvalue weighted by Crippen LogP contribution is -2.23. The number of hydrazone groups is 1. The number of carbonyl (C=O) groups is 3. The number of anilines is 1. The van der Waals surface area contributed by atoms with Crippen molar-refractivity contribution in [2.45, 2.75) is 19.8 Å². The predicted octanol–water partition coefficient (Wildman–Crippen LogP) is 3.19. The summed E-state index contributed by atoms with van der Waals surface area (Å²) in [7, 11) is 1.27. The summed E-state index contributed by atoms with van der Waals surface area (Å²) in [5.74, 6) is -1.22. The van der Waals surface area contributed by atoms with Crippen molar-refractivity contribution in [3.8, 4) is 0 Å². The molecule has 0 aliphatic heterocycles. The summed E-state index contributed by atoms with van der Waals surface area (Å²) in [6.07, 6.45) is 0.101. The molecule has 0 atom stereocenters. The second kappa shape index (κ2) is 10.2. The number of methoxy groups -OCH3 is 1. The zero-order valence-corrected chi connectivity index (χ0v) is 16.2. The molecule has 146 valence electrons. The maximum Gasteiger partial charge on any atom is 0.339 e. The van der Waals surface area contributed by atoms with Crippen molar-refractivity contribution in [3.05, 3.63) is 64.7 Å². The van der Waals surface area contributed by atoms with Crippen molar-refractivity contribution >= 4 is 40.8 Å². The topological polar surface area (TPSA) is 96.9 Å². The summed E-state index contributed by atoms with van der Waals surface area (Å²) < 4.78 is 4.69. The summed E-state index contributed by atoms with van der Waals surface area (Å²) >= 11 is 5.81. The molecule has 0 fully saturated rings. The quantitative estimate of drug-likeness (QED) is 0.423. The lowest BCUT2D eigenvalue weighted by Gasteiger charge is -2.09. The van der Waals surface area contributed by atoms with Gasteiger partial charge in [0.05, 0.1) is 31.2 Å². The van der Waals surface area contributed by atoms with E-state index in [2.05, 4.69) is 15.8 Å². The molecule has 2 aromatic rings. The van der Waals surface area contributed by atoms with Crippen LogP contribution in [0.15, 0.2) is 53.6 Å². The Kier molecular flexibility index (Phi) is 7.71. The van der Waals surface area contributed by atoms with E-state index in [1.165, 1.54) is 7.11 Å². The smallest absolute Gasteiger partial charge is 0.339 e. The van der Waals surface area contributed by atoms with Crippen LogP contribution in [0.1, 0.15) is 29.3 Å². The number of hydrogen-bond donors (Lipinski definition) is 2. The van der Waals surface area contributed by atoms with Gasteiger partial charge in [-0.05, 0) is 36.8 Å². The van der Waals surface area contributed by atoms with E-state index in [1.54, 1.807) is 55.5 Å². The first kappa shape index (κ1) is 21.1. The number of nitrogens with one attached hydrogen (secondary N) is 2. The van der Waals surface area contributed by atoms with Gasteiger partial charge < -0.3 is 10.1 Å². The number of hydrogen-bond acceptors (Lipinski definition) is 5. The second-order valence-electron chi connectivity index (χ2n) is 5.95. The van der Waals surface area contributed by atoms with E-state index in [1.807, 2.05) is 0 Å². The van der Waals surface area contributed by atoms with Crippen LogP contribution in [0.4, 0.5) is 5.69 Å². The summed E-state index contributed by atoms with van der Waals surface area (Å²) in [5, 5.41) is 7.17. The number of ether oxygens (including phenoxy) is 1. The molecule has 2 N–H and O–H groups in total. The molecule has 28 heavy (non-hydrogen) atoms. The van der Waals surface area contributed by atoms with E-state index in [4.69, 9.17) is 16.3 Å². The molecule has 0 saturated heterocycles. The average molecular weight is 402 g/mol. The minimum atomic E-state index is -0.546. The van der Waals surface area contributed by atoms with Crippen molar-refractivity contribution in [1.82, 2.24) is 5.43 Å². The number of esters is 1. The zero-order valence-electron chi connectivity index (χ0n) is 15.5. The molecule has 0 aromatic heterocycles. The monoisotopic (exact) mass is 401 g/mol. The van der Waals surface area contributed by atoms with Crippen LogP contribution in [0.3, 0.4) is 0 Å². The van der Waals surface area contributed by atoms with Gasteiger partial charge in [0.1, 0.15) is 0 Å². The molecule has 0 heterocycles. The highest BCUT2D eigenvalue weighted by atomic mass is 35.5. The van der Waals surface area contributed by atoms with Crippen molar-refractivity contribution in [2.24, 2.45) is 5.10 Å². The van der Waals surface area contributed by atoms with Gasteiger partial charge >= 0.3 is 5.97 Å². The average Bonchev–Trinajstić information content (AvgIpc) is 2.68. The van der Waals surface area contributed by atoms with Gasteiger partial charge in [-0.3, -0.25) is 9.59 Å². The number of halogens is 1. The summed E-state index contributed by atoms with van der Waals surface area (Å²) in [4.78, 5) is 35.8. The Morgan fingerprint density at radius 1 is 1.04 bits per heavy atom. The maximum absolute atomic E-state index is 12.2. The number of carbonyl (C=O) groups excluding carboxylic acids is 3. The van der Waals surface area contributed by atoms with Gasteiger partial charge in [-0.25, -0.2) is 10.2 Å². The van der Waals surface area contributed by atoms with Crippen molar-refractivity contribution < 1.29 is 19.1 Å². The molecular weight excluding hydrogens is 382 g/mol. The van der Waals surface area contributed by atoms with Crippen LogP contribution in [0.25, 0.3) is 0 Å². The fourth-order valence-electron chi connectivity index (χ4n) is 2.33. The van der Waals surface area contributed by atoms with Gasteiger partial charge in [0.2, 0.25) is 11.8 Å². The van der Waals surface area contributed by atoms with Gasteiger partial charge in [-0.2, -0.15) is 5.10 Å². The standard InChI is InChI=1S/C20H20ClN3O4/c1-13(23-24-19(26)12-14-7-9-15(21)10-8-14)11-18(25)22-17-6-4-3-5-16(17)20(27)28-2/h3-10H,11-12H2,1-2H3,(H,22,25)(H,24,26). The predicted molar refractivity (Wildman–Crippen MR) is 107 cm³/mol. The van der Waals surface area contributed by atoms with Gasteiger partial charge in [-0.1, -0.05) is 35.9 Å². The molecule has 0 unspecified atom stereocenters. The Hall–Kier alpha value is -3.19. The fourth-order valence-corrected chi connectivity index (χ4v) is 2.46. The summed E-state index contributed by atoms with van der Waals surface area (Å²) in [6, 6.07) is 13.4. The highest BCUT2D eigenvalue weighted by Gasteiger charge is 2.13. The van der Waals surface area contributed by atoms with Gasteiger partial charge in [-0.15, -0.1) is 0 Å². The molecule has 0 aliphatic rings. The fraction of sp³-hybridized carbons (Fsp3) is 0.200. The van der Waals surface area contributed by atoms with E-state index in [9.17, 15) is 14.4 Å². The molecule has 0 aliphatic carbocycles. The van der Waals surface area contributed by atoms with Crippen LogP contribution >= 0.6 is 11.6 Å². The molecule has 0 radical (unpaired) electrons. The van der Waals surface area contributed by atoms with Gasteiger partial charge in [0, 0.05) is 10.7 Å². The third kappa shape index (κ3) is 6.51. The first-order chi connectivity index (χ1) is 13.4. The van der Waals surface area contributed by atoms with E-state index >= 15 is 0 Å². The number of benzene rings is 2. The molecule has 2 amide bonds. The lowest BCUT2D eigenvalue weighted by molar-refractivity contribution is -0.120. The highest BCUT2D eigenvalue weighted by molar-refractivity contribution is 6.30. The SMILES string of the molecule is COC(=O)c1ccccc1NC(=O)CC(C)=NNC(=O)Cc1ccc(Cl)cc1. The maximum atomic E-state index is 12.2. The van der Waals surface area contributed by atoms with Crippen LogP contribution in [0.5, 0.6) is 0 Å². The number of nitrogens with zero attached hydrogens (tertiary/aromatic N) is 1. The molecule has 0 spiro atoms. The third-order valence-electron chi connectivity index (χ3n) is 3.67. The Morgan fingerprint density at radius 3 is 2.39 bits per heavy atom. The van der Waals surface area contributed by atoms with Crippen molar-refractivity contribution in [1.29, 1.82) is 0 Å². The van der Waals surface area contributed by atoms with E-state index in [-0.39, 0.29) is 30.2 Å². The van der Waals surface area contributed by atoms with Crippen molar-refractivity contribution in [3.63, 3.8) is 0 Å². The summed E-state index contributed by atoms with van der Waals surface area (Å²) in [6.45, 7) is 1.62. The second-order valence-corrected chi connectivity index (χ2v) is 6.38. The van der Waals surface area contributed by atoms with Crippen molar-refractivity contribution in [2.75, 3.05) is 12.4 Å². The van der Waals surface area contributed by atoms with E-state index < -0.39 is 5.97 Å². The Bertz CT molecular complexity index is 895. The van der Waals surface area contributed by atoms with Crippen LogP contribution in [-0.4, -0.2) is 30.6 Å².